The second kappa shape index (κ2) is 13.2. The maximum absolute atomic E-state index is 12.5. The summed E-state index contributed by atoms with van der Waals surface area (Å²) in [6.07, 6.45) is -8.83. The number of carbonyl (C=O) groups is 1. The minimum absolute atomic E-state index is 0. The number of carbonyl (C=O) groups excluding carboxylic acids is 2. The Morgan fingerprint density at radius 2 is 1.60 bits per heavy atom. The Hall–Kier alpha value is -2.98. The van der Waals surface area contributed by atoms with E-state index >= 15 is 0 Å². The monoisotopic (exact) mass is 546 g/mol. The van der Waals surface area contributed by atoms with E-state index in [4.69, 9.17) is 6.57 Å². The summed E-state index contributed by atoms with van der Waals surface area (Å²) in [6.45, 7) is 9.83. The number of alkyl halides is 3. The first-order valence-corrected chi connectivity index (χ1v) is 11.2. The molecule has 1 heterocycles. The third-order valence-electron chi connectivity index (χ3n) is 4.57. The molecule has 1 atom stereocenters. The Balaban J connectivity index is 0.000000656. The zero-order valence-electron chi connectivity index (χ0n) is 18.2. The Kier molecular flexibility index (Phi) is 11.3. The van der Waals surface area contributed by atoms with Crippen LogP contribution >= 0.6 is 0 Å². The SMILES string of the molecule is [C-]#[N+]c1ccc(S(=O)(=O)N2CCN(C(=O)OC([C-]=O)C(F)(F)F)CC2)cc1.[CH2-]c1ccccc1.[V+2]. The van der Waals surface area contributed by atoms with Crippen molar-refractivity contribution in [2.45, 2.75) is 17.2 Å². The number of ether oxygens (including phenoxy) is 1. The molecule has 3 rings (SSSR count). The van der Waals surface area contributed by atoms with Crippen LogP contribution in [0.2, 0.25) is 0 Å². The van der Waals surface area contributed by atoms with Crippen molar-refractivity contribution in [2.24, 2.45) is 0 Å². The number of halogens is 3. The average molecular weight is 546 g/mol. The first kappa shape index (κ1) is 30.1. The van der Waals surface area contributed by atoms with E-state index in [2.05, 4.69) is 16.5 Å². The summed E-state index contributed by atoms with van der Waals surface area (Å²) in [5, 5.41) is 0. The first-order chi connectivity index (χ1) is 16.0. The zero-order valence-corrected chi connectivity index (χ0v) is 20.4. The number of benzene rings is 2. The smallest absolute Gasteiger partial charge is 0.538 e. The normalized spacial score (nSPS) is 14.9. The predicted molar refractivity (Wildman–Crippen MR) is 116 cm³/mol. The van der Waals surface area contributed by atoms with Gasteiger partial charge in [-0.25, -0.2) is 24.3 Å². The molecular formula is C22H20F3N3O5SV. The van der Waals surface area contributed by atoms with Gasteiger partial charge in [-0.1, -0.05) is 30.3 Å². The number of hydrogen-bond acceptors (Lipinski definition) is 5. The van der Waals surface area contributed by atoms with Gasteiger partial charge in [0.15, 0.2) is 5.69 Å². The second-order valence-electron chi connectivity index (χ2n) is 6.91. The third-order valence-corrected chi connectivity index (χ3v) is 6.48. The minimum Gasteiger partial charge on any atom is -0.538 e. The molecule has 0 spiro atoms. The van der Waals surface area contributed by atoms with Crippen LogP contribution in [0.1, 0.15) is 5.56 Å². The molecule has 0 saturated carbocycles. The molecule has 1 saturated heterocycles. The van der Waals surface area contributed by atoms with E-state index in [1.54, 1.807) is 0 Å². The van der Waals surface area contributed by atoms with Crippen LogP contribution < -0.4 is 0 Å². The second-order valence-corrected chi connectivity index (χ2v) is 8.84. The van der Waals surface area contributed by atoms with Gasteiger partial charge in [0.1, 0.15) is 6.10 Å². The Morgan fingerprint density at radius 3 is 2.00 bits per heavy atom. The standard InChI is InChI=1S/C15H13F3N3O5S.C7H7.V/c1-19-11-2-4-12(5-3-11)27(24,25)21-8-6-20(7-9-21)14(23)26-13(10-22)15(16,17)18;1-7-5-3-2-4-6-7;/h2-5,13H,6-9H2;2-6H,1H2;/q2*-1;+2. The van der Waals surface area contributed by atoms with Gasteiger partial charge in [-0.05, 0) is 0 Å². The predicted octanol–water partition coefficient (Wildman–Crippen LogP) is 3.59. The molecule has 0 bridgehead atoms. The van der Waals surface area contributed by atoms with Crippen molar-refractivity contribution in [3.05, 3.63) is 78.5 Å². The maximum atomic E-state index is 12.5. The van der Waals surface area contributed by atoms with Crippen molar-refractivity contribution in [2.75, 3.05) is 26.2 Å². The van der Waals surface area contributed by atoms with E-state index < -0.39 is 28.4 Å². The largest absolute Gasteiger partial charge is 2.00 e. The Bertz CT molecular complexity index is 1120. The average Bonchev–Trinajstić information content (AvgIpc) is 2.82. The van der Waals surface area contributed by atoms with Gasteiger partial charge in [-0.2, -0.15) is 42.1 Å². The quantitative estimate of drug-likeness (QED) is 0.548. The fourth-order valence-corrected chi connectivity index (χ4v) is 4.19. The van der Waals surface area contributed by atoms with E-state index in [0.29, 0.717) is 6.29 Å². The number of rotatable bonds is 4. The van der Waals surface area contributed by atoms with E-state index in [9.17, 15) is 31.2 Å². The molecule has 1 aliphatic rings. The van der Waals surface area contributed by atoms with Gasteiger partial charge < -0.3 is 14.4 Å². The van der Waals surface area contributed by atoms with Crippen molar-refractivity contribution in [1.29, 1.82) is 0 Å². The molecule has 185 valence electrons. The zero-order chi connectivity index (χ0) is 25.4. The topological polar surface area (TPSA) is 88.3 Å². The Morgan fingerprint density at radius 1 is 1.06 bits per heavy atom. The van der Waals surface area contributed by atoms with Crippen molar-refractivity contribution < 1.29 is 54.5 Å². The van der Waals surface area contributed by atoms with Crippen molar-refractivity contribution in [3.63, 3.8) is 0 Å². The molecule has 1 amide bonds. The van der Waals surface area contributed by atoms with E-state index in [-0.39, 0.29) is 55.3 Å². The molecule has 1 radical (unpaired) electrons. The van der Waals surface area contributed by atoms with Gasteiger partial charge in [-0.15, -0.1) is 12.1 Å². The van der Waals surface area contributed by atoms with Crippen LogP contribution in [0, 0.1) is 13.5 Å². The van der Waals surface area contributed by atoms with Crippen LogP contribution in [0.5, 0.6) is 0 Å². The third kappa shape index (κ3) is 8.63. The summed E-state index contributed by atoms with van der Waals surface area (Å²) < 4.78 is 67.5. The number of amides is 1. The minimum atomic E-state index is -5.07. The molecule has 0 N–H and O–H groups in total. The summed E-state index contributed by atoms with van der Waals surface area (Å²) in [5.74, 6) is 0. The molecule has 0 aliphatic carbocycles. The van der Waals surface area contributed by atoms with Crippen LogP contribution in [-0.2, 0) is 38.1 Å². The first-order valence-electron chi connectivity index (χ1n) is 9.73. The fraction of sp³-hybridized carbons (Fsp3) is 0.273. The van der Waals surface area contributed by atoms with Gasteiger partial charge >= 0.3 is 30.8 Å². The van der Waals surface area contributed by atoms with Gasteiger partial charge in [-0.3, -0.25) is 0 Å². The van der Waals surface area contributed by atoms with Gasteiger partial charge in [0.2, 0.25) is 10.0 Å². The molecule has 13 heteroatoms. The van der Waals surface area contributed by atoms with Crippen LogP contribution in [0.15, 0.2) is 59.5 Å². The van der Waals surface area contributed by atoms with Crippen molar-refractivity contribution >= 4 is 28.1 Å². The van der Waals surface area contributed by atoms with Crippen LogP contribution in [0.3, 0.4) is 0 Å². The summed E-state index contributed by atoms with van der Waals surface area (Å²) in [7, 11) is -3.88. The van der Waals surface area contributed by atoms with E-state index in [0.717, 1.165) is 14.8 Å². The Labute approximate surface area is 213 Å². The van der Waals surface area contributed by atoms with Crippen LogP contribution in [0.4, 0.5) is 23.7 Å². The van der Waals surface area contributed by atoms with Gasteiger partial charge in [0, 0.05) is 26.2 Å². The maximum Gasteiger partial charge on any atom is 2.00 e. The molecule has 1 unspecified atom stereocenters. The molecule has 35 heavy (non-hydrogen) atoms. The van der Waals surface area contributed by atoms with E-state index in [1.165, 1.54) is 24.3 Å². The number of hydrogen-bond donors (Lipinski definition) is 0. The van der Waals surface area contributed by atoms with Crippen LogP contribution in [0.25, 0.3) is 4.85 Å². The number of sulfonamides is 1. The van der Waals surface area contributed by atoms with E-state index in [1.807, 2.05) is 30.3 Å². The number of piperazine rings is 1. The van der Waals surface area contributed by atoms with Crippen molar-refractivity contribution in [3.8, 4) is 0 Å². The fourth-order valence-electron chi connectivity index (χ4n) is 2.76. The molecule has 2 aromatic rings. The molecule has 1 aliphatic heterocycles. The van der Waals surface area contributed by atoms with Crippen LogP contribution in [-0.4, -0.2) is 68.5 Å². The summed E-state index contributed by atoms with van der Waals surface area (Å²) in [6, 6.07) is 15.1. The molecule has 0 aromatic heterocycles. The molecule has 8 nitrogen and oxygen atoms in total. The summed E-state index contributed by atoms with van der Waals surface area (Å²) in [5.41, 5.74) is 1.34. The summed E-state index contributed by atoms with van der Waals surface area (Å²) in [4.78, 5) is 26.0. The van der Waals surface area contributed by atoms with Crippen molar-refractivity contribution in [1.82, 2.24) is 9.21 Å². The molecular weight excluding hydrogens is 526 g/mol. The summed E-state index contributed by atoms with van der Waals surface area (Å²) >= 11 is 0. The van der Waals surface area contributed by atoms with Gasteiger partial charge in [0.05, 0.1) is 11.5 Å². The molecule has 2 aromatic carbocycles. The number of nitrogens with zero attached hydrogens (tertiary/aromatic N) is 3. The molecule has 1 fully saturated rings. The van der Waals surface area contributed by atoms with Gasteiger partial charge in [0.25, 0.3) is 0 Å².